The second kappa shape index (κ2) is 7.81. The molecular weight excluding hydrogens is 357 g/mol. The van der Waals surface area contributed by atoms with Gasteiger partial charge in [0.1, 0.15) is 11.6 Å². The minimum atomic E-state index is -1.34. The van der Waals surface area contributed by atoms with Crippen LogP contribution in [0.5, 0.6) is 0 Å². The number of amides is 1. The first kappa shape index (κ1) is 20.5. The number of carbonyl (C=O) groups is 2. The molecule has 9 heteroatoms. The Hall–Kier alpha value is -2.84. The number of nitrogens with two attached hydrogens (primary N) is 1. The zero-order chi connectivity index (χ0) is 20.4. The second-order valence-electron chi connectivity index (χ2n) is 6.75. The molecule has 0 saturated carbocycles. The maximum absolute atomic E-state index is 15.0. The van der Waals surface area contributed by atoms with E-state index in [0.29, 0.717) is 0 Å². The van der Waals surface area contributed by atoms with E-state index in [1.807, 2.05) is 0 Å². The summed E-state index contributed by atoms with van der Waals surface area (Å²) < 4.78 is 20.2. The lowest BCUT2D eigenvalue weighted by Crippen LogP contribution is -2.51. The average Bonchev–Trinajstić information content (AvgIpc) is 2.57. The molecule has 1 amide bonds. The van der Waals surface area contributed by atoms with Crippen molar-refractivity contribution in [1.82, 2.24) is 9.88 Å². The molecule has 1 aliphatic heterocycles. The summed E-state index contributed by atoms with van der Waals surface area (Å²) >= 11 is 0. The second-order valence-corrected chi connectivity index (χ2v) is 6.75. The Morgan fingerprint density at radius 2 is 2.19 bits per heavy atom. The Labute approximate surface area is 156 Å². The molecule has 27 heavy (non-hydrogen) atoms. The minimum absolute atomic E-state index is 0.0267. The van der Waals surface area contributed by atoms with E-state index < -0.39 is 29.3 Å². The van der Waals surface area contributed by atoms with Crippen molar-refractivity contribution in [2.45, 2.75) is 39.2 Å². The molecule has 1 aliphatic rings. The van der Waals surface area contributed by atoms with Gasteiger partial charge in [-0.15, -0.1) is 0 Å². The lowest BCUT2D eigenvalue weighted by molar-refractivity contribution is -0.153. The Morgan fingerprint density at radius 1 is 1.52 bits per heavy atom. The lowest BCUT2D eigenvalue weighted by Gasteiger charge is -2.42. The van der Waals surface area contributed by atoms with Gasteiger partial charge in [-0.05, 0) is 32.8 Å². The summed E-state index contributed by atoms with van der Waals surface area (Å²) in [6.45, 7) is 7.36. The number of carboxylic acids is 1. The van der Waals surface area contributed by atoms with Gasteiger partial charge in [0.2, 0.25) is 0 Å². The third kappa shape index (κ3) is 4.12. The van der Waals surface area contributed by atoms with Gasteiger partial charge in [0, 0.05) is 19.0 Å². The van der Waals surface area contributed by atoms with Crippen LogP contribution in [0, 0.1) is 11.2 Å². The molecule has 1 unspecified atom stereocenters. The van der Waals surface area contributed by atoms with Crippen LogP contribution in [-0.2, 0) is 16.0 Å². The Balaban J connectivity index is 2.39. The molecule has 8 nitrogen and oxygen atoms in total. The topological polar surface area (TPSA) is 126 Å². The number of nitrogen functional groups attached to an aromatic ring is 1. The quantitative estimate of drug-likeness (QED) is 0.647. The van der Waals surface area contributed by atoms with Crippen molar-refractivity contribution in [3.8, 4) is 0 Å². The summed E-state index contributed by atoms with van der Waals surface area (Å²) in [5.74, 6) is -1.73. The number of piperidine rings is 1. The van der Waals surface area contributed by atoms with Crippen molar-refractivity contribution in [3.63, 3.8) is 0 Å². The highest BCUT2D eigenvalue weighted by Crippen LogP contribution is 2.39. The average molecular weight is 381 g/mol. The van der Waals surface area contributed by atoms with Gasteiger partial charge >= 0.3 is 12.1 Å². The SMILES string of the molecule is C=C(OCC)c1cc(N)nc(CC2(C(=O)O)CCN(C(=O)O)[C@H](C)C2)c1F. The van der Waals surface area contributed by atoms with E-state index >= 15 is 0 Å². The van der Waals surface area contributed by atoms with Gasteiger partial charge < -0.3 is 25.6 Å². The number of halogens is 1. The van der Waals surface area contributed by atoms with Crippen molar-refractivity contribution >= 4 is 23.6 Å². The van der Waals surface area contributed by atoms with Crippen LogP contribution in [-0.4, -0.2) is 51.4 Å². The van der Waals surface area contributed by atoms with Gasteiger partial charge in [-0.25, -0.2) is 14.2 Å². The summed E-state index contributed by atoms with van der Waals surface area (Å²) in [6, 6.07) is 0.772. The molecule has 1 fully saturated rings. The Bertz CT molecular complexity index is 770. The molecule has 0 radical (unpaired) electrons. The van der Waals surface area contributed by atoms with E-state index in [1.54, 1.807) is 13.8 Å². The zero-order valence-electron chi connectivity index (χ0n) is 15.4. The van der Waals surface area contributed by atoms with Crippen LogP contribution in [0.25, 0.3) is 5.76 Å². The van der Waals surface area contributed by atoms with Crippen molar-refractivity contribution in [1.29, 1.82) is 0 Å². The number of ether oxygens (including phenoxy) is 1. The molecule has 1 aromatic rings. The molecule has 148 valence electrons. The molecule has 0 aromatic carbocycles. The van der Waals surface area contributed by atoms with E-state index in [0.717, 1.165) is 0 Å². The number of hydrogen-bond acceptors (Lipinski definition) is 5. The van der Waals surface area contributed by atoms with Crippen LogP contribution in [0.2, 0.25) is 0 Å². The predicted molar refractivity (Wildman–Crippen MR) is 96.5 cm³/mol. The van der Waals surface area contributed by atoms with Crippen molar-refractivity contribution in [2.24, 2.45) is 5.41 Å². The Kier molecular flexibility index (Phi) is 5.92. The Morgan fingerprint density at radius 3 is 2.70 bits per heavy atom. The standard InChI is InChI=1S/C18H24FN3O5/c1-4-27-11(3)12-7-14(20)21-13(15(12)19)9-18(16(23)24)5-6-22(17(25)26)10(2)8-18/h7,10H,3-6,8-9H2,1-2H3,(H2,20,21)(H,23,24)(H,25,26)/t10-,18?/m1/s1. The fourth-order valence-corrected chi connectivity index (χ4v) is 3.54. The van der Waals surface area contributed by atoms with Gasteiger partial charge in [-0.1, -0.05) is 6.58 Å². The molecule has 0 aliphatic carbocycles. The number of carboxylic acid groups (broad SMARTS) is 2. The zero-order valence-corrected chi connectivity index (χ0v) is 15.4. The van der Waals surface area contributed by atoms with Gasteiger partial charge in [0.05, 0.1) is 23.3 Å². The number of pyridine rings is 1. The van der Waals surface area contributed by atoms with Crippen LogP contribution in [0.15, 0.2) is 12.6 Å². The third-order valence-corrected chi connectivity index (χ3v) is 4.92. The molecule has 2 rings (SSSR count). The fourth-order valence-electron chi connectivity index (χ4n) is 3.54. The number of likely N-dealkylation sites (tertiary alicyclic amines) is 1. The summed E-state index contributed by atoms with van der Waals surface area (Å²) in [5, 5.41) is 19.0. The maximum atomic E-state index is 15.0. The number of aliphatic carboxylic acids is 1. The molecule has 0 spiro atoms. The molecule has 2 atom stereocenters. The van der Waals surface area contributed by atoms with E-state index in [4.69, 9.17) is 10.5 Å². The van der Waals surface area contributed by atoms with Crippen LogP contribution < -0.4 is 5.73 Å². The normalized spacial score (nSPS) is 22.3. The van der Waals surface area contributed by atoms with Crippen LogP contribution in [0.1, 0.15) is 37.9 Å². The maximum Gasteiger partial charge on any atom is 0.407 e. The van der Waals surface area contributed by atoms with Crippen LogP contribution in [0.3, 0.4) is 0 Å². The first-order valence-corrected chi connectivity index (χ1v) is 8.61. The lowest BCUT2D eigenvalue weighted by atomic mass is 9.72. The van der Waals surface area contributed by atoms with E-state index in [1.165, 1.54) is 11.0 Å². The number of anilines is 1. The van der Waals surface area contributed by atoms with Gasteiger partial charge in [-0.2, -0.15) is 0 Å². The first-order valence-electron chi connectivity index (χ1n) is 8.61. The molecule has 1 aromatic heterocycles. The van der Waals surface area contributed by atoms with Crippen molar-refractivity contribution < 1.29 is 28.9 Å². The minimum Gasteiger partial charge on any atom is -0.494 e. The molecule has 4 N–H and O–H groups in total. The van der Waals surface area contributed by atoms with E-state index in [-0.39, 0.29) is 55.2 Å². The molecule has 1 saturated heterocycles. The number of nitrogens with zero attached hydrogens (tertiary/aromatic N) is 2. The molecule has 0 bridgehead atoms. The summed E-state index contributed by atoms with van der Waals surface area (Å²) in [5.41, 5.74) is 4.38. The number of aromatic nitrogens is 1. The highest BCUT2D eigenvalue weighted by Gasteiger charge is 2.46. The number of rotatable bonds is 6. The third-order valence-electron chi connectivity index (χ3n) is 4.92. The van der Waals surface area contributed by atoms with Crippen molar-refractivity contribution in [2.75, 3.05) is 18.9 Å². The van der Waals surface area contributed by atoms with Crippen molar-refractivity contribution in [3.05, 3.63) is 29.7 Å². The van der Waals surface area contributed by atoms with Crippen LogP contribution >= 0.6 is 0 Å². The fraction of sp³-hybridized carbons (Fsp3) is 0.500. The van der Waals surface area contributed by atoms with Gasteiger partial charge in [0.25, 0.3) is 0 Å². The summed E-state index contributed by atoms with van der Waals surface area (Å²) in [4.78, 5) is 28.5. The summed E-state index contributed by atoms with van der Waals surface area (Å²) in [6.07, 6.45) is -1.21. The monoisotopic (exact) mass is 381 g/mol. The molecular formula is C18H24FN3O5. The molecule has 2 heterocycles. The first-order chi connectivity index (χ1) is 12.6. The van der Waals surface area contributed by atoms with E-state index in [9.17, 15) is 24.2 Å². The van der Waals surface area contributed by atoms with E-state index in [2.05, 4.69) is 11.6 Å². The predicted octanol–water partition coefficient (Wildman–Crippen LogP) is 2.59. The van der Waals surface area contributed by atoms with Gasteiger partial charge in [0.15, 0.2) is 5.82 Å². The summed E-state index contributed by atoms with van der Waals surface area (Å²) in [7, 11) is 0. The largest absolute Gasteiger partial charge is 0.494 e. The highest BCUT2D eigenvalue weighted by molar-refractivity contribution is 5.76. The smallest absolute Gasteiger partial charge is 0.407 e. The van der Waals surface area contributed by atoms with Crippen LogP contribution in [0.4, 0.5) is 15.0 Å². The number of hydrogen-bond donors (Lipinski definition) is 3. The highest BCUT2D eigenvalue weighted by atomic mass is 19.1. The van der Waals surface area contributed by atoms with Gasteiger partial charge in [-0.3, -0.25) is 4.79 Å².